The molecule has 0 atom stereocenters. The van der Waals surface area contributed by atoms with Gasteiger partial charge in [-0.2, -0.15) is 0 Å². The van der Waals surface area contributed by atoms with E-state index in [0.717, 1.165) is 292 Å². The molecule has 1 aliphatic carbocycles. The Labute approximate surface area is 845 Å². The Bertz CT molecular complexity index is 6720. The lowest BCUT2D eigenvalue weighted by molar-refractivity contribution is 0.398. The maximum Gasteiger partial charge on any atom is 0.0891 e. The normalized spacial score (nSPS) is 13.5. The zero-order valence-electron chi connectivity index (χ0n) is 67.2. The summed E-state index contributed by atoms with van der Waals surface area (Å²) in [5.74, 6) is 0. The molecule has 622 valence electrons. The summed E-state index contributed by atoms with van der Waals surface area (Å²) in [5.41, 5.74) is 32.7. The minimum Gasteiger partial charge on any atom is -0.353 e. The van der Waals surface area contributed by atoms with Gasteiger partial charge in [0.05, 0.1) is 151 Å². The third-order valence-electron chi connectivity index (χ3n) is 23.5. The molecular weight excluding hydrogens is 2570 g/mol. The smallest absolute Gasteiger partial charge is 0.0891 e. The molecule has 122 heavy (non-hydrogen) atoms. The highest BCUT2D eigenvalue weighted by atomic mass is 79.9. The van der Waals surface area contributed by atoms with E-state index in [2.05, 4.69) is 462 Å². The second-order valence-corrected chi connectivity index (χ2v) is 44.1. The van der Waals surface area contributed by atoms with E-state index in [9.17, 15) is 0 Å². The molecule has 0 unspecified atom stereocenters. The van der Waals surface area contributed by atoms with Crippen LogP contribution < -0.4 is 0 Å². The van der Waals surface area contributed by atoms with Crippen molar-refractivity contribution in [1.29, 1.82) is 0 Å². The maximum absolute atomic E-state index is 6.02. The summed E-state index contributed by atoms with van der Waals surface area (Å²) in [4.78, 5) is 41.2. The van der Waals surface area contributed by atoms with E-state index >= 15 is 0 Å². The molecular formula is C98H78Br16N8. The van der Waals surface area contributed by atoms with E-state index in [1.54, 1.807) is 0 Å². The fourth-order valence-electron chi connectivity index (χ4n) is 17.3. The standard InChI is InChI=1S/C98H78Br16N8/c1-8-10-12-14-16-18-40-98(41-19-17-15-13-11-9-2)60-43-56(70-94-82(111)78(107)90(119-94)66(52-28-20-47(3)21-29-52)86(62(100)46-99)115-51(7)42-63-72(101)75(104)87(116-63)67(53-30-22-48(4)23-31-53)91-79(108)83(112)95(70)120-91)36-38-58(60)59-39-37-57(44-61(59)98)71-96-84(113)80(109)92(121-96)68(54-32-24-49(5)25-33-54)88-76(105)73(102)64(117-88)45-65-74(103)77(106)89(118-65)69(55-34-26-50(6)27-35-55)93-81(110)85(114)97(71)122-93/h20-39,42-46,116-117,119,122H,8-19,40-41H2,1-7H3/b51-42?,62-46-,63-42?,64-45?,65-45?,86-66?,87-67?,88-68?,89-69?,90-66?,91-67?,92-68?,93-69?,94-70?,95-70?,96-71?,97-71?,115-51?,115-86?. The van der Waals surface area contributed by atoms with Gasteiger partial charge in [0.25, 0.3) is 0 Å². The van der Waals surface area contributed by atoms with Crippen LogP contribution in [0.1, 0.15) is 183 Å². The number of aromatic nitrogens is 8. The molecule has 4 N–H and O–H groups in total. The summed E-state index contributed by atoms with van der Waals surface area (Å²) < 4.78 is 12.2. The van der Waals surface area contributed by atoms with Gasteiger partial charge in [-0.05, 0) is 371 Å². The fourth-order valence-corrected chi connectivity index (χ4v) is 24.4. The molecule has 6 aromatic heterocycles. The lowest BCUT2D eigenvalue weighted by atomic mass is 9.70. The molecule has 24 heteroatoms. The van der Waals surface area contributed by atoms with Crippen molar-refractivity contribution in [1.82, 2.24) is 39.9 Å². The lowest BCUT2D eigenvalue weighted by Gasteiger charge is -2.33. The summed E-state index contributed by atoms with van der Waals surface area (Å²) in [6.45, 7) is 15.1. The van der Waals surface area contributed by atoms with Gasteiger partial charge in [0.1, 0.15) is 0 Å². The summed E-state index contributed by atoms with van der Waals surface area (Å²) in [6, 6.07) is 53.5. The largest absolute Gasteiger partial charge is 0.353 e. The average Bonchev–Trinajstić information content (AvgIpc) is 1.54. The number of unbranched alkanes of at least 4 members (excludes halogenated alkanes) is 10. The molecule has 9 heterocycles. The molecule has 8 nitrogen and oxygen atoms in total. The van der Waals surface area contributed by atoms with E-state index in [4.69, 9.17) is 19.9 Å². The van der Waals surface area contributed by atoms with Crippen molar-refractivity contribution in [2.75, 3.05) is 0 Å². The van der Waals surface area contributed by atoms with Crippen molar-refractivity contribution in [3.8, 4) is 77.9 Å². The fraction of sp³-hybridized carbons (Fsp3) is 0.224. The van der Waals surface area contributed by atoms with Gasteiger partial charge in [0, 0.05) is 44.5 Å². The zero-order valence-corrected chi connectivity index (χ0v) is 92.5. The van der Waals surface area contributed by atoms with E-state index in [0.29, 0.717) is 5.69 Å². The quantitative estimate of drug-likeness (QED) is 0.0537. The van der Waals surface area contributed by atoms with Crippen LogP contribution in [-0.4, -0.2) is 39.9 Å². The number of rotatable bonds is 21. The lowest BCUT2D eigenvalue weighted by Crippen LogP contribution is -2.25. The van der Waals surface area contributed by atoms with E-state index in [-0.39, 0.29) is 0 Å². The first-order valence-corrected chi connectivity index (χ1v) is 53.2. The van der Waals surface area contributed by atoms with Gasteiger partial charge in [-0.15, -0.1) is 0 Å². The Hall–Kier alpha value is -3.80. The van der Waals surface area contributed by atoms with Crippen molar-refractivity contribution in [2.45, 2.75) is 144 Å². The van der Waals surface area contributed by atoms with Crippen LogP contribution in [0.5, 0.6) is 0 Å². The molecule has 0 fully saturated rings. The van der Waals surface area contributed by atoms with Gasteiger partial charge in [-0.25, -0.2) is 15.0 Å². The summed E-state index contributed by atoms with van der Waals surface area (Å²) in [5, 5.41) is 0. The third-order valence-corrected chi connectivity index (χ3v) is 39.9. The van der Waals surface area contributed by atoms with E-state index < -0.39 is 5.41 Å². The van der Waals surface area contributed by atoms with Crippen molar-refractivity contribution in [3.63, 3.8) is 0 Å². The number of hydrogen-bond acceptors (Lipinski definition) is 4. The molecule has 6 aromatic carbocycles. The molecule has 0 radical (unpaired) electrons. The molecule has 0 amide bonds. The van der Waals surface area contributed by atoms with Gasteiger partial charge in [0.15, 0.2) is 0 Å². The van der Waals surface area contributed by atoms with Crippen molar-refractivity contribution in [3.05, 3.63) is 265 Å². The molecule has 0 saturated heterocycles. The first kappa shape index (κ1) is 91.5. The second kappa shape index (κ2) is 38.7. The highest BCUT2D eigenvalue weighted by Crippen LogP contribution is 2.60. The molecule has 14 bridgehead atoms. The van der Waals surface area contributed by atoms with Crippen LogP contribution in [0.25, 0.3) is 153 Å². The molecule has 16 rings (SSSR count). The molecule has 0 spiro atoms. The predicted octanol–water partition coefficient (Wildman–Crippen LogP) is 39.0. The number of H-pyrrole nitrogens is 4. The summed E-state index contributed by atoms with van der Waals surface area (Å²) >= 11 is 67.0. The first-order valence-electron chi connectivity index (χ1n) is 40.4. The van der Waals surface area contributed by atoms with Crippen molar-refractivity contribution < 1.29 is 0 Å². The van der Waals surface area contributed by atoms with Crippen LogP contribution in [0.15, 0.2) is 186 Å². The Kier molecular flexibility index (Phi) is 29.0. The van der Waals surface area contributed by atoms with Crippen LogP contribution in [-0.2, 0) is 5.41 Å². The average molecular weight is 2650 g/mol. The number of halogens is 16. The highest BCUT2D eigenvalue weighted by Gasteiger charge is 2.44. The minimum atomic E-state index is -0.511. The monoisotopic (exact) mass is 2630 g/mol. The Balaban J connectivity index is 1.05. The van der Waals surface area contributed by atoms with Gasteiger partial charge in [-0.1, -0.05) is 250 Å². The van der Waals surface area contributed by atoms with E-state index in [1.807, 2.05) is 11.9 Å². The minimum absolute atomic E-state index is 0.511. The number of nitrogens with zero attached hydrogens (tertiary/aromatic N) is 4. The number of hydrogen-bond donors (Lipinski definition) is 4. The third kappa shape index (κ3) is 17.3. The van der Waals surface area contributed by atoms with Crippen LogP contribution in [0, 0.1) is 34.6 Å². The van der Waals surface area contributed by atoms with Crippen LogP contribution >= 0.6 is 255 Å². The number of aromatic amines is 4. The number of benzene rings is 6. The zero-order chi connectivity index (χ0) is 86.2. The predicted molar refractivity (Wildman–Crippen MR) is 575 cm³/mol. The number of nitrogens with one attached hydrogen (secondary N) is 4. The van der Waals surface area contributed by atoms with Crippen LogP contribution in [0.3, 0.4) is 0 Å². The van der Waals surface area contributed by atoms with E-state index in [1.165, 1.54) is 60.8 Å². The number of aryl methyl sites for hydroxylation is 5. The van der Waals surface area contributed by atoms with Gasteiger partial charge in [0.2, 0.25) is 0 Å². The highest BCUT2D eigenvalue weighted by molar-refractivity contribution is 9.19. The van der Waals surface area contributed by atoms with Gasteiger partial charge in [-0.3, -0.25) is 4.98 Å². The van der Waals surface area contributed by atoms with Crippen LogP contribution in [0.2, 0.25) is 0 Å². The first-order chi connectivity index (χ1) is 58.7. The van der Waals surface area contributed by atoms with Crippen molar-refractivity contribution >= 4 is 330 Å². The Morgan fingerprint density at radius 3 is 0.975 bits per heavy atom. The molecule has 0 saturated carbocycles. The summed E-state index contributed by atoms with van der Waals surface area (Å²) in [6.07, 6.45) is 15.6. The second-order valence-electron chi connectivity index (χ2n) is 31.6. The molecule has 3 aliphatic heterocycles. The Morgan fingerprint density at radius 2 is 0.607 bits per heavy atom. The maximum atomic E-state index is 6.02. The van der Waals surface area contributed by atoms with Gasteiger partial charge < -0.3 is 19.9 Å². The topological polar surface area (TPSA) is 115 Å². The van der Waals surface area contributed by atoms with Crippen LogP contribution in [0.4, 0.5) is 0 Å². The number of fused-ring (bicyclic) bond motifs is 17. The summed E-state index contributed by atoms with van der Waals surface area (Å²) in [7, 11) is 0. The SMILES string of the molecule is CCCCCCCCC1(CCCCCCCC)c2cc(-c3c4nc(c(-c5ccc(C)cc5)c5[nH]c(cc6nc(c(-c7ccc(C)cc7)c7[nH]c3c(Br)c7Br)C(Br)=C6Br)c(Br)c5Br)C(Br)=C4Br)ccc2-c2ccc(-c3c4nc(c(-c5ccc(C)cc5)c5[nH]c(cc(C)nc(/C(Br)=C/Br)c(-c6ccc(C)cc6)c6[nH]c3c(Br)c6Br)c(Br)c5Br)C(Br)=C4Br)cc21. The molecule has 4 aliphatic rings. The Morgan fingerprint density at radius 1 is 0.311 bits per heavy atom. The van der Waals surface area contributed by atoms with Gasteiger partial charge >= 0.3 is 0 Å². The van der Waals surface area contributed by atoms with Crippen molar-refractivity contribution in [2.24, 2.45) is 0 Å². The molecule has 12 aromatic rings.